The van der Waals surface area contributed by atoms with E-state index in [1.54, 1.807) is 26.0 Å². The second-order valence-corrected chi connectivity index (χ2v) is 6.70. The van der Waals surface area contributed by atoms with Crippen molar-refractivity contribution in [1.82, 2.24) is 23.5 Å². The average molecular weight is 372 g/mol. The van der Waals surface area contributed by atoms with Gasteiger partial charge in [-0.25, -0.2) is 4.98 Å². The molecular formula is C13H18ClN7O2S. The Labute approximate surface area is 145 Å². The summed E-state index contributed by atoms with van der Waals surface area (Å²) in [4.78, 5) is 8.05. The first-order valence-electron chi connectivity index (χ1n) is 7.10. The molecule has 4 N–H and O–H groups in total. The van der Waals surface area contributed by atoms with Crippen molar-refractivity contribution in [2.45, 2.75) is 13.8 Å². The lowest BCUT2D eigenvalue weighted by Gasteiger charge is -2.18. The van der Waals surface area contributed by atoms with Crippen LogP contribution in [0.1, 0.15) is 13.8 Å². The van der Waals surface area contributed by atoms with E-state index in [0.29, 0.717) is 34.9 Å². The van der Waals surface area contributed by atoms with Crippen molar-refractivity contribution in [3.05, 3.63) is 18.3 Å². The number of nitrogens with two attached hydrogens (primary N) is 2. The standard InChI is InChI=1S/C13H17N7O2S.ClH/c1-3-19(4-2)23(21,22)20-10-6-5-9-11(8(10)7-16-20)12(14)18-13(15)17-9;/h5-7H,3-4H2,1-2H3,(H4,14,15,17,18);1H. The Morgan fingerprint density at radius 1 is 1.17 bits per heavy atom. The number of nitrogens with zero attached hydrogens (tertiary/aromatic N) is 5. The molecule has 0 saturated carbocycles. The Hall–Kier alpha value is -2.17. The lowest BCUT2D eigenvalue weighted by molar-refractivity contribution is 0.435. The summed E-state index contributed by atoms with van der Waals surface area (Å²) in [5, 5.41) is 5.15. The lowest BCUT2D eigenvalue weighted by atomic mass is 10.1. The molecule has 9 nitrogen and oxygen atoms in total. The van der Waals surface area contributed by atoms with E-state index < -0.39 is 10.2 Å². The highest BCUT2D eigenvalue weighted by atomic mass is 35.5. The normalized spacial score (nSPS) is 12.0. The van der Waals surface area contributed by atoms with Gasteiger partial charge in [-0.2, -0.15) is 22.8 Å². The first-order valence-corrected chi connectivity index (χ1v) is 8.50. The third kappa shape index (κ3) is 2.62. The van der Waals surface area contributed by atoms with E-state index in [1.807, 2.05) is 0 Å². The van der Waals surface area contributed by atoms with Gasteiger partial charge in [-0.1, -0.05) is 13.8 Å². The van der Waals surface area contributed by atoms with Crippen molar-refractivity contribution in [3.8, 4) is 0 Å². The zero-order valence-corrected chi connectivity index (χ0v) is 14.8. The van der Waals surface area contributed by atoms with Crippen LogP contribution >= 0.6 is 12.4 Å². The van der Waals surface area contributed by atoms with E-state index in [9.17, 15) is 8.42 Å². The van der Waals surface area contributed by atoms with Crippen molar-refractivity contribution in [2.75, 3.05) is 24.6 Å². The molecule has 130 valence electrons. The fourth-order valence-corrected chi connectivity index (χ4v) is 4.05. The monoisotopic (exact) mass is 371 g/mol. The third-order valence-electron chi connectivity index (χ3n) is 3.67. The lowest BCUT2D eigenvalue weighted by Crippen LogP contribution is -2.35. The highest BCUT2D eigenvalue weighted by Gasteiger charge is 2.24. The molecule has 3 aromatic rings. The quantitative estimate of drug-likeness (QED) is 0.698. The molecule has 2 aromatic heterocycles. The average Bonchev–Trinajstić information content (AvgIpc) is 2.92. The van der Waals surface area contributed by atoms with Crippen LogP contribution in [0, 0.1) is 0 Å². The predicted molar refractivity (Wildman–Crippen MR) is 96.1 cm³/mol. The van der Waals surface area contributed by atoms with Crippen molar-refractivity contribution in [3.63, 3.8) is 0 Å². The zero-order chi connectivity index (χ0) is 16.8. The highest BCUT2D eigenvalue weighted by Crippen LogP contribution is 2.29. The molecule has 1 aromatic carbocycles. The minimum Gasteiger partial charge on any atom is -0.383 e. The molecule has 2 heterocycles. The molecule has 0 aliphatic rings. The van der Waals surface area contributed by atoms with Gasteiger partial charge in [0.25, 0.3) is 0 Å². The van der Waals surface area contributed by atoms with Gasteiger partial charge in [0.2, 0.25) is 5.95 Å². The van der Waals surface area contributed by atoms with Crippen molar-refractivity contribution in [2.24, 2.45) is 0 Å². The van der Waals surface area contributed by atoms with Crippen LogP contribution in [0.2, 0.25) is 0 Å². The SMILES string of the molecule is CCN(CC)S(=O)(=O)n1ncc2c3c(N)nc(N)nc3ccc21.Cl. The summed E-state index contributed by atoms with van der Waals surface area (Å²) in [7, 11) is -3.74. The summed E-state index contributed by atoms with van der Waals surface area (Å²) in [5.74, 6) is 0.260. The van der Waals surface area contributed by atoms with Gasteiger partial charge in [-0.05, 0) is 12.1 Å². The predicted octanol–water partition coefficient (Wildman–Crippen LogP) is 1.00. The summed E-state index contributed by atoms with van der Waals surface area (Å²) in [5.41, 5.74) is 12.5. The molecule has 0 amide bonds. The molecule has 0 aliphatic heterocycles. The van der Waals surface area contributed by atoms with Crippen molar-refractivity contribution in [1.29, 1.82) is 0 Å². The van der Waals surface area contributed by atoms with E-state index in [0.717, 1.165) is 4.09 Å². The number of fused-ring (bicyclic) bond motifs is 3. The molecule has 0 fully saturated rings. The van der Waals surface area contributed by atoms with Crippen molar-refractivity contribution < 1.29 is 8.42 Å². The van der Waals surface area contributed by atoms with Crippen LogP contribution in [0.4, 0.5) is 11.8 Å². The fraction of sp³-hybridized carbons (Fsp3) is 0.308. The fourth-order valence-electron chi connectivity index (χ4n) is 2.60. The topological polar surface area (TPSA) is 133 Å². The molecule has 0 spiro atoms. The van der Waals surface area contributed by atoms with Gasteiger partial charge in [0.15, 0.2) is 0 Å². The Morgan fingerprint density at radius 2 is 1.83 bits per heavy atom. The molecule has 11 heteroatoms. The minimum atomic E-state index is -3.74. The van der Waals surface area contributed by atoms with E-state index in [4.69, 9.17) is 11.5 Å². The number of hydrogen-bond donors (Lipinski definition) is 2. The second kappa shape index (κ2) is 6.38. The number of nitrogen functional groups attached to an aromatic ring is 2. The summed E-state index contributed by atoms with van der Waals surface area (Å²) in [6.07, 6.45) is 1.45. The van der Waals surface area contributed by atoms with Gasteiger partial charge in [0.05, 0.1) is 22.6 Å². The van der Waals surface area contributed by atoms with Gasteiger partial charge >= 0.3 is 10.2 Å². The van der Waals surface area contributed by atoms with E-state index in [2.05, 4.69) is 15.1 Å². The Kier molecular flexibility index (Phi) is 4.83. The molecule has 0 radical (unpaired) electrons. The van der Waals surface area contributed by atoms with Gasteiger partial charge < -0.3 is 11.5 Å². The van der Waals surface area contributed by atoms with Gasteiger partial charge in [0, 0.05) is 18.5 Å². The van der Waals surface area contributed by atoms with Crippen LogP contribution in [-0.2, 0) is 10.2 Å². The molecule has 0 unspecified atom stereocenters. The minimum absolute atomic E-state index is 0. The first-order chi connectivity index (χ1) is 10.9. The van der Waals surface area contributed by atoms with E-state index in [1.165, 1.54) is 10.5 Å². The van der Waals surface area contributed by atoms with Crippen LogP contribution in [0.25, 0.3) is 21.8 Å². The van der Waals surface area contributed by atoms with Crippen LogP contribution in [0.15, 0.2) is 18.3 Å². The maximum atomic E-state index is 12.7. The maximum Gasteiger partial charge on any atom is 0.323 e. The number of halogens is 1. The van der Waals surface area contributed by atoms with Crippen LogP contribution in [0.3, 0.4) is 0 Å². The van der Waals surface area contributed by atoms with E-state index in [-0.39, 0.29) is 24.2 Å². The molecule has 0 bridgehead atoms. The maximum absolute atomic E-state index is 12.7. The molecule has 0 saturated heterocycles. The van der Waals surface area contributed by atoms with Crippen molar-refractivity contribution >= 4 is 56.2 Å². The third-order valence-corrected chi connectivity index (χ3v) is 5.57. The molecule has 0 aliphatic carbocycles. The smallest absolute Gasteiger partial charge is 0.323 e. The van der Waals surface area contributed by atoms with Gasteiger partial charge in [0.1, 0.15) is 5.82 Å². The largest absolute Gasteiger partial charge is 0.383 e. The number of benzene rings is 1. The first kappa shape index (κ1) is 18.2. The van der Waals surface area contributed by atoms with E-state index >= 15 is 0 Å². The highest BCUT2D eigenvalue weighted by molar-refractivity contribution is 7.87. The van der Waals surface area contributed by atoms with Crippen LogP contribution < -0.4 is 11.5 Å². The summed E-state index contributed by atoms with van der Waals surface area (Å²) >= 11 is 0. The zero-order valence-electron chi connectivity index (χ0n) is 13.2. The Balaban J connectivity index is 0.00000208. The number of aromatic nitrogens is 4. The summed E-state index contributed by atoms with van der Waals surface area (Å²) in [6, 6.07) is 3.29. The number of rotatable bonds is 4. The molecule has 3 rings (SSSR count). The summed E-state index contributed by atoms with van der Waals surface area (Å²) < 4.78 is 27.7. The van der Waals surface area contributed by atoms with Gasteiger partial charge in [-0.3, -0.25) is 0 Å². The number of anilines is 2. The Morgan fingerprint density at radius 3 is 2.46 bits per heavy atom. The van der Waals surface area contributed by atoms with Gasteiger partial charge in [-0.15, -0.1) is 16.5 Å². The van der Waals surface area contributed by atoms with Crippen LogP contribution in [0.5, 0.6) is 0 Å². The molecule has 0 atom stereocenters. The Bertz CT molecular complexity index is 998. The second-order valence-electron chi connectivity index (χ2n) is 4.94. The molecule has 24 heavy (non-hydrogen) atoms. The number of hydrogen-bond acceptors (Lipinski definition) is 7. The van der Waals surface area contributed by atoms with Crippen LogP contribution in [-0.4, -0.2) is 45.0 Å². The molecular weight excluding hydrogens is 354 g/mol. The summed E-state index contributed by atoms with van der Waals surface area (Å²) in [6.45, 7) is 4.26.